The van der Waals surface area contributed by atoms with Crippen LogP contribution in [0.15, 0.2) is 29.1 Å². The molecule has 1 atom stereocenters. The smallest absolute Gasteiger partial charge is 0.268 e. The van der Waals surface area contributed by atoms with E-state index >= 15 is 0 Å². The summed E-state index contributed by atoms with van der Waals surface area (Å²) in [6.45, 7) is 1.72. The Morgan fingerprint density at radius 1 is 1.25 bits per heavy atom. The molecule has 2 N–H and O–H groups in total. The van der Waals surface area contributed by atoms with Gasteiger partial charge >= 0.3 is 0 Å². The predicted octanol–water partition coefficient (Wildman–Crippen LogP) is 2.46. The number of nitrogens with zero attached hydrogens (tertiary/aromatic N) is 2. The van der Waals surface area contributed by atoms with Crippen molar-refractivity contribution in [1.29, 1.82) is 10.5 Å². The number of aromatic nitrogens is 2. The van der Waals surface area contributed by atoms with Crippen LogP contribution < -0.4 is 5.56 Å². The molecule has 1 unspecified atom stereocenters. The van der Waals surface area contributed by atoms with E-state index in [9.17, 15) is 15.3 Å². The third-order valence-corrected chi connectivity index (χ3v) is 3.38. The van der Waals surface area contributed by atoms with Gasteiger partial charge in [0.15, 0.2) is 0 Å². The molecule has 0 aliphatic heterocycles. The fourth-order valence-corrected chi connectivity index (χ4v) is 2.43. The first-order valence-electron chi connectivity index (χ1n) is 5.90. The molecule has 2 rings (SSSR count). The van der Waals surface area contributed by atoms with Gasteiger partial charge in [-0.3, -0.25) is 9.89 Å². The summed E-state index contributed by atoms with van der Waals surface area (Å²) in [5, 5.41) is 24.0. The summed E-state index contributed by atoms with van der Waals surface area (Å²) in [7, 11) is 0. The number of H-pyrrole nitrogens is 2. The van der Waals surface area contributed by atoms with Gasteiger partial charge in [0, 0.05) is 22.2 Å². The molecule has 2 aromatic rings. The van der Waals surface area contributed by atoms with E-state index in [4.69, 9.17) is 11.6 Å². The maximum atomic E-state index is 11.9. The fourth-order valence-electron chi connectivity index (χ4n) is 2.23. The van der Waals surface area contributed by atoms with Crippen LogP contribution in [0.5, 0.6) is 0 Å². The van der Waals surface area contributed by atoms with E-state index in [0.29, 0.717) is 21.8 Å². The Morgan fingerprint density at radius 3 is 2.45 bits per heavy atom. The van der Waals surface area contributed by atoms with Crippen LogP contribution in [0.3, 0.4) is 0 Å². The molecule has 20 heavy (non-hydrogen) atoms. The highest BCUT2D eigenvalue weighted by Crippen LogP contribution is 2.32. The molecular formula is C14H11ClN4O. The van der Waals surface area contributed by atoms with Crippen molar-refractivity contribution in [2.75, 3.05) is 0 Å². The van der Waals surface area contributed by atoms with Gasteiger partial charge in [-0.1, -0.05) is 23.7 Å². The van der Waals surface area contributed by atoms with Crippen molar-refractivity contribution >= 4 is 11.6 Å². The van der Waals surface area contributed by atoms with Crippen LogP contribution in [0.1, 0.15) is 22.7 Å². The van der Waals surface area contributed by atoms with Gasteiger partial charge in [-0.2, -0.15) is 10.5 Å². The topological polar surface area (TPSA) is 96.2 Å². The third kappa shape index (κ3) is 2.45. The Balaban J connectivity index is 2.67. The minimum absolute atomic E-state index is 0.331. The Morgan fingerprint density at radius 2 is 1.95 bits per heavy atom. The van der Waals surface area contributed by atoms with Crippen LogP contribution in [-0.2, 0) is 0 Å². The second-order valence-electron chi connectivity index (χ2n) is 4.39. The number of nitriles is 2. The van der Waals surface area contributed by atoms with E-state index in [1.54, 1.807) is 31.2 Å². The Bertz CT molecular complexity index is 748. The molecule has 0 saturated carbocycles. The minimum Gasteiger partial charge on any atom is -0.302 e. The average molecular weight is 287 g/mol. The normalized spacial score (nSPS) is 11.8. The van der Waals surface area contributed by atoms with E-state index in [-0.39, 0.29) is 5.56 Å². The van der Waals surface area contributed by atoms with Crippen LogP contribution in [0.4, 0.5) is 0 Å². The number of aryl methyl sites for hydroxylation is 1. The highest BCUT2D eigenvalue weighted by Gasteiger charge is 2.29. The van der Waals surface area contributed by atoms with Gasteiger partial charge in [0.05, 0.1) is 12.1 Å². The largest absolute Gasteiger partial charge is 0.302 e. The van der Waals surface area contributed by atoms with Crippen LogP contribution in [0.25, 0.3) is 0 Å². The standard InChI is InChI=1S/C14H11ClN4O/c1-8-12(14(20)19-18-8)13(10(6-16)7-17)9-3-2-4-11(15)5-9/h2-5,10,13H,1H3,(H2,18,19,20). The maximum Gasteiger partial charge on any atom is 0.268 e. The van der Waals surface area contributed by atoms with Crippen LogP contribution in [-0.4, -0.2) is 10.2 Å². The quantitative estimate of drug-likeness (QED) is 0.907. The highest BCUT2D eigenvalue weighted by atomic mass is 35.5. The van der Waals surface area contributed by atoms with Crippen molar-refractivity contribution in [2.24, 2.45) is 5.92 Å². The molecule has 1 aromatic heterocycles. The summed E-state index contributed by atoms with van der Waals surface area (Å²) < 4.78 is 0. The minimum atomic E-state index is -0.968. The van der Waals surface area contributed by atoms with Gasteiger partial charge in [0.2, 0.25) is 0 Å². The van der Waals surface area contributed by atoms with Crippen LogP contribution in [0, 0.1) is 35.5 Å². The van der Waals surface area contributed by atoms with E-state index < -0.39 is 11.8 Å². The SMILES string of the molecule is Cc1[nH][nH]c(=O)c1C(c1cccc(Cl)c1)C(C#N)C#N. The van der Waals surface area contributed by atoms with E-state index in [2.05, 4.69) is 10.2 Å². The number of rotatable bonds is 3. The molecule has 0 bridgehead atoms. The summed E-state index contributed by atoms with van der Waals surface area (Å²) in [6, 6.07) is 10.7. The molecule has 0 amide bonds. The molecule has 0 fully saturated rings. The highest BCUT2D eigenvalue weighted by molar-refractivity contribution is 6.30. The average Bonchev–Trinajstić information content (AvgIpc) is 2.76. The Labute approximate surface area is 120 Å². The number of hydrogen-bond acceptors (Lipinski definition) is 3. The monoisotopic (exact) mass is 286 g/mol. The van der Waals surface area contributed by atoms with Crippen molar-refractivity contribution in [3.63, 3.8) is 0 Å². The van der Waals surface area contributed by atoms with Crippen molar-refractivity contribution < 1.29 is 0 Å². The van der Waals surface area contributed by atoms with Gasteiger partial charge in [-0.15, -0.1) is 0 Å². The van der Waals surface area contributed by atoms with Crippen molar-refractivity contribution in [3.8, 4) is 12.1 Å². The van der Waals surface area contributed by atoms with Gasteiger partial charge in [0.1, 0.15) is 5.92 Å². The van der Waals surface area contributed by atoms with Crippen LogP contribution >= 0.6 is 11.6 Å². The molecule has 5 nitrogen and oxygen atoms in total. The molecule has 0 saturated heterocycles. The van der Waals surface area contributed by atoms with Gasteiger partial charge in [-0.25, -0.2) is 0 Å². The second kappa shape index (κ2) is 5.64. The molecule has 0 aliphatic rings. The van der Waals surface area contributed by atoms with Crippen molar-refractivity contribution in [2.45, 2.75) is 12.8 Å². The zero-order valence-electron chi connectivity index (χ0n) is 10.6. The summed E-state index contributed by atoms with van der Waals surface area (Å²) >= 11 is 5.96. The van der Waals surface area contributed by atoms with E-state index in [1.807, 2.05) is 12.1 Å². The molecule has 0 radical (unpaired) electrons. The first-order valence-corrected chi connectivity index (χ1v) is 6.28. The first kappa shape index (κ1) is 13.9. The van der Waals surface area contributed by atoms with Crippen molar-refractivity contribution in [1.82, 2.24) is 10.2 Å². The Hall–Kier alpha value is -2.50. The van der Waals surface area contributed by atoms with E-state index in [1.165, 1.54) is 0 Å². The molecule has 0 spiro atoms. The van der Waals surface area contributed by atoms with Crippen LogP contribution in [0.2, 0.25) is 5.02 Å². The second-order valence-corrected chi connectivity index (χ2v) is 4.82. The number of nitrogens with one attached hydrogen (secondary N) is 2. The lowest BCUT2D eigenvalue weighted by Crippen LogP contribution is -2.19. The molecule has 1 heterocycles. The fraction of sp³-hybridized carbons (Fsp3) is 0.214. The maximum absolute atomic E-state index is 11.9. The third-order valence-electron chi connectivity index (χ3n) is 3.14. The lowest BCUT2D eigenvalue weighted by Gasteiger charge is -2.17. The molecule has 0 aliphatic carbocycles. The number of halogens is 1. The van der Waals surface area contributed by atoms with Gasteiger partial charge < -0.3 is 5.10 Å². The summed E-state index contributed by atoms with van der Waals surface area (Å²) in [5.74, 6) is -1.61. The molecular weight excluding hydrogens is 276 g/mol. The predicted molar refractivity (Wildman–Crippen MR) is 74.2 cm³/mol. The summed E-state index contributed by atoms with van der Waals surface area (Å²) in [6.07, 6.45) is 0. The first-order chi connectivity index (χ1) is 9.58. The molecule has 6 heteroatoms. The molecule has 100 valence electrons. The lowest BCUT2D eigenvalue weighted by atomic mass is 9.82. The zero-order valence-corrected chi connectivity index (χ0v) is 11.4. The van der Waals surface area contributed by atoms with E-state index in [0.717, 1.165) is 0 Å². The van der Waals surface area contributed by atoms with Crippen molar-refractivity contribution in [3.05, 3.63) is 56.5 Å². The number of hydrogen-bond donors (Lipinski definition) is 2. The van der Waals surface area contributed by atoms with Gasteiger partial charge in [-0.05, 0) is 24.6 Å². The lowest BCUT2D eigenvalue weighted by molar-refractivity contribution is 0.701. The zero-order chi connectivity index (χ0) is 14.7. The number of benzene rings is 1. The summed E-state index contributed by atoms with van der Waals surface area (Å²) in [4.78, 5) is 11.9. The molecule has 1 aromatic carbocycles. The van der Waals surface area contributed by atoms with Gasteiger partial charge in [0.25, 0.3) is 5.56 Å². The summed E-state index contributed by atoms with van der Waals surface area (Å²) in [5.41, 5.74) is 1.33. The number of aromatic amines is 2. The Kier molecular flexibility index (Phi) is 3.93.